The molecule has 0 fully saturated rings. The van der Waals surface area contributed by atoms with Gasteiger partial charge in [0.1, 0.15) is 5.60 Å². The Morgan fingerprint density at radius 3 is 2.35 bits per heavy atom. The largest absolute Gasteiger partial charge is 0.469 e. The Kier molecular flexibility index (Phi) is 8.96. The molecule has 0 aliphatic carbocycles. The average molecular weight is 288 g/mol. The lowest BCUT2D eigenvalue weighted by Gasteiger charge is -2.23. The van der Waals surface area contributed by atoms with Crippen molar-refractivity contribution in [2.24, 2.45) is 0 Å². The van der Waals surface area contributed by atoms with Gasteiger partial charge in [0, 0.05) is 6.04 Å². The Bertz CT molecular complexity index is 300. The maximum Gasteiger partial charge on any atom is 0.407 e. The summed E-state index contributed by atoms with van der Waals surface area (Å²) in [5, 5.41) is 5.79. The van der Waals surface area contributed by atoms with E-state index in [1.54, 1.807) is 20.8 Å². The van der Waals surface area contributed by atoms with Crippen molar-refractivity contribution in [2.45, 2.75) is 58.1 Å². The number of hydrogen-bond acceptors (Lipinski definition) is 5. The Labute approximate surface area is 121 Å². The van der Waals surface area contributed by atoms with Crippen LogP contribution in [0.2, 0.25) is 0 Å². The molecule has 0 aromatic heterocycles. The van der Waals surface area contributed by atoms with Crippen molar-refractivity contribution in [3.8, 4) is 0 Å². The highest BCUT2D eigenvalue weighted by atomic mass is 16.6. The van der Waals surface area contributed by atoms with E-state index in [9.17, 15) is 9.59 Å². The van der Waals surface area contributed by atoms with E-state index >= 15 is 0 Å². The average Bonchev–Trinajstić information content (AvgIpc) is 2.31. The zero-order valence-corrected chi connectivity index (χ0v) is 13.2. The number of unbranched alkanes of at least 4 members (excludes halogenated alkanes) is 1. The lowest BCUT2D eigenvalue weighted by atomic mass is 10.1. The maximum atomic E-state index is 11.7. The molecule has 0 heterocycles. The predicted octanol–water partition coefficient (Wildman–Crippen LogP) is 1.83. The van der Waals surface area contributed by atoms with E-state index in [0.717, 1.165) is 25.8 Å². The molecule has 0 rings (SSSR count). The van der Waals surface area contributed by atoms with Gasteiger partial charge in [0.25, 0.3) is 0 Å². The van der Waals surface area contributed by atoms with Crippen molar-refractivity contribution in [1.29, 1.82) is 0 Å². The fourth-order valence-corrected chi connectivity index (χ4v) is 1.68. The third-order valence-electron chi connectivity index (χ3n) is 2.59. The molecule has 0 saturated carbocycles. The summed E-state index contributed by atoms with van der Waals surface area (Å²) in [7, 11) is 3.23. The summed E-state index contributed by atoms with van der Waals surface area (Å²) in [6.45, 7) is 6.32. The fourth-order valence-electron chi connectivity index (χ4n) is 1.68. The van der Waals surface area contributed by atoms with Gasteiger partial charge in [-0.25, -0.2) is 4.79 Å². The Hall–Kier alpha value is -1.30. The summed E-state index contributed by atoms with van der Waals surface area (Å²) in [6, 6.07) is -0.255. The predicted molar refractivity (Wildman–Crippen MR) is 77.6 cm³/mol. The molecule has 1 atom stereocenters. The van der Waals surface area contributed by atoms with Gasteiger partial charge in [-0.05, 0) is 47.2 Å². The first kappa shape index (κ1) is 18.7. The van der Waals surface area contributed by atoms with Crippen LogP contribution in [0.25, 0.3) is 0 Å². The quantitative estimate of drug-likeness (QED) is 0.526. The number of alkyl carbamates (subject to hydrolysis) is 1. The van der Waals surface area contributed by atoms with Gasteiger partial charge in [-0.15, -0.1) is 0 Å². The van der Waals surface area contributed by atoms with E-state index in [0.29, 0.717) is 0 Å². The molecular formula is C14H28N2O4. The summed E-state index contributed by atoms with van der Waals surface area (Å²) in [4.78, 5) is 23.1. The number of ether oxygens (including phenoxy) is 2. The van der Waals surface area contributed by atoms with E-state index in [1.165, 1.54) is 7.11 Å². The first-order valence-electron chi connectivity index (χ1n) is 6.99. The highest BCUT2D eigenvalue weighted by Crippen LogP contribution is 2.10. The summed E-state index contributed by atoms with van der Waals surface area (Å²) >= 11 is 0. The molecule has 1 amide bonds. The normalized spacial score (nSPS) is 12.7. The zero-order chi connectivity index (χ0) is 15.6. The highest BCUT2D eigenvalue weighted by molar-refractivity contribution is 5.72. The molecule has 0 aromatic rings. The van der Waals surface area contributed by atoms with Gasteiger partial charge in [0.05, 0.1) is 13.5 Å². The zero-order valence-electron chi connectivity index (χ0n) is 13.2. The fraction of sp³-hybridized carbons (Fsp3) is 0.857. The third-order valence-corrected chi connectivity index (χ3v) is 2.59. The number of methoxy groups -OCH3 is 1. The van der Waals surface area contributed by atoms with Gasteiger partial charge < -0.3 is 20.1 Å². The number of esters is 1. The molecule has 6 heteroatoms. The van der Waals surface area contributed by atoms with Crippen LogP contribution in [0.3, 0.4) is 0 Å². The molecule has 0 bridgehead atoms. The van der Waals surface area contributed by atoms with Crippen LogP contribution in [0.1, 0.15) is 46.5 Å². The molecule has 0 radical (unpaired) electrons. The van der Waals surface area contributed by atoms with Crippen molar-refractivity contribution in [3.05, 3.63) is 0 Å². The number of carbonyl (C=O) groups is 2. The van der Waals surface area contributed by atoms with E-state index in [-0.39, 0.29) is 18.4 Å². The van der Waals surface area contributed by atoms with Crippen molar-refractivity contribution in [3.63, 3.8) is 0 Å². The monoisotopic (exact) mass is 288 g/mol. The number of hydrogen-bond donors (Lipinski definition) is 2. The molecule has 118 valence electrons. The second kappa shape index (κ2) is 9.58. The Balaban J connectivity index is 4.29. The van der Waals surface area contributed by atoms with Crippen LogP contribution < -0.4 is 10.6 Å². The van der Waals surface area contributed by atoms with Crippen LogP contribution in [-0.4, -0.2) is 44.4 Å². The van der Waals surface area contributed by atoms with E-state index in [1.807, 2.05) is 7.05 Å². The van der Waals surface area contributed by atoms with Gasteiger partial charge >= 0.3 is 12.1 Å². The summed E-state index contributed by atoms with van der Waals surface area (Å²) in [5.74, 6) is -0.334. The number of rotatable bonds is 8. The van der Waals surface area contributed by atoms with E-state index in [4.69, 9.17) is 4.74 Å². The molecular weight excluding hydrogens is 260 g/mol. The molecule has 0 aliphatic rings. The van der Waals surface area contributed by atoms with Gasteiger partial charge in [0.15, 0.2) is 0 Å². The first-order chi connectivity index (χ1) is 9.28. The van der Waals surface area contributed by atoms with Gasteiger partial charge in [-0.2, -0.15) is 0 Å². The first-order valence-corrected chi connectivity index (χ1v) is 6.99. The molecule has 0 aliphatic heterocycles. The second-order valence-electron chi connectivity index (χ2n) is 5.72. The molecule has 6 nitrogen and oxygen atoms in total. The summed E-state index contributed by atoms with van der Waals surface area (Å²) in [5.41, 5.74) is -0.550. The minimum absolute atomic E-state index is 0.162. The molecule has 1 unspecified atom stereocenters. The van der Waals surface area contributed by atoms with Crippen LogP contribution in [0.5, 0.6) is 0 Å². The SMILES string of the molecule is CNCCCCC(CC(=O)OC)NC(=O)OC(C)(C)C. The topological polar surface area (TPSA) is 76.7 Å². The minimum Gasteiger partial charge on any atom is -0.469 e. The molecule has 0 aromatic carbocycles. The third kappa shape index (κ3) is 10.6. The van der Waals surface area contributed by atoms with E-state index < -0.39 is 11.7 Å². The Morgan fingerprint density at radius 1 is 1.20 bits per heavy atom. The van der Waals surface area contributed by atoms with Crippen molar-refractivity contribution < 1.29 is 19.1 Å². The van der Waals surface area contributed by atoms with Gasteiger partial charge in [0.2, 0.25) is 0 Å². The lowest BCUT2D eigenvalue weighted by molar-refractivity contribution is -0.141. The Morgan fingerprint density at radius 2 is 1.85 bits per heavy atom. The number of nitrogens with one attached hydrogen (secondary N) is 2. The minimum atomic E-state index is -0.550. The molecule has 0 spiro atoms. The lowest BCUT2D eigenvalue weighted by Crippen LogP contribution is -2.40. The number of carbonyl (C=O) groups excluding carboxylic acids is 2. The summed E-state index contributed by atoms with van der Waals surface area (Å²) in [6.07, 6.45) is 2.29. The van der Waals surface area contributed by atoms with Crippen molar-refractivity contribution >= 4 is 12.1 Å². The standard InChI is InChI=1S/C14H28N2O4/c1-14(2,3)20-13(18)16-11(10-12(17)19-5)8-6-7-9-15-4/h11,15H,6-10H2,1-5H3,(H,16,18). The van der Waals surface area contributed by atoms with Crippen LogP contribution >= 0.6 is 0 Å². The summed E-state index contributed by atoms with van der Waals surface area (Å²) < 4.78 is 9.84. The number of amides is 1. The molecule has 0 saturated heterocycles. The molecule has 2 N–H and O–H groups in total. The van der Waals surface area contributed by atoms with Crippen LogP contribution in [0.4, 0.5) is 4.79 Å². The molecule has 20 heavy (non-hydrogen) atoms. The smallest absolute Gasteiger partial charge is 0.407 e. The van der Waals surface area contributed by atoms with Gasteiger partial charge in [-0.3, -0.25) is 4.79 Å². The maximum absolute atomic E-state index is 11.7. The van der Waals surface area contributed by atoms with Crippen LogP contribution in [0.15, 0.2) is 0 Å². The second-order valence-corrected chi connectivity index (χ2v) is 5.72. The van der Waals surface area contributed by atoms with Crippen LogP contribution in [0, 0.1) is 0 Å². The van der Waals surface area contributed by atoms with Crippen molar-refractivity contribution in [2.75, 3.05) is 20.7 Å². The van der Waals surface area contributed by atoms with Crippen molar-refractivity contribution in [1.82, 2.24) is 10.6 Å². The van der Waals surface area contributed by atoms with Crippen LogP contribution in [-0.2, 0) is 14.3 Å². The van der Waals surface area contributed by atoms with E-state index in [2.05, 4.69) is 15.4 Å². The van der Waals surface area contributed by atoms with Gasteiger partial charge in [-0.1, -0.05) is 6.42 Å². The highest BCUT2D eigenvalue weighted by Gasteiger charge is 2.21.